The van der Waals surface area contributed by atoms with Crippen molar-refractivity contribution in [1.82, 2.24) is 0 Å². The van der Waals surface area contributed by atoms with E-state index in [1.165, 1.54) is 0 Å². The molecule has 1 N–H and O–H groups in total. The topological polar surface area (TPSA) is 20.2 Å². The third-order valence-corrected chi connectivity index (χ3v) is 3.14. The molecular weight excluding hydrogens is 286 g/mol. The molecule has 0 heterocycles. The number of aromatic hydroxyl groups is 1. The molecule has 60 valence electrons. The first kappa shape index (κ1) is 8.93. The lowest BCUT2D eigenvalue weighted by Gasteiger charge is -2.01. The number of phenols is 1. The normalized spacial score (nSPS) is 10.2. The Morgan fingerprint density at radius 3 is 2.27 bits per heavy atom. The highest BCUT2D eigenvalue weighted by Crippen LogP contribution is 2.33. The van der Waals surface area contributed by atoms with E-state index in [2.05, 4.69) is 31.9 Å². The molecule has 0 spiro atoms. The highest BCUT2D eigenvalue weighted by Gasteiger charge is 2.13. The van der Waals surface area contributed by atoms with Gasteiger partial charge in [-0.2, -0.15) is 0 Å². The van der Waals surface area contributed by atoms with Crippen LogP contribution in [0.3, 0.4) is 0 Å². The maximum atomic E-state index is 12.7. The van der Waals surface area contributed by atoms with Gasteiger partial charge < -0.3 is 5.11 Å². The highest BCUT2D eigenvalue weighted by molar-refractivity contribution is 9.13. The Bertz CT molecular complexity index is 275. The van der Waals surface area contributed by atoms with Crippen LogP contribution in [0.15, 0.2) is 15.0 Å². The van der Waals surface area contributed by atoms with Gasteiger partial charge in [0.15, 0.2) is 11.6 Å². The van der Waals surface area contributed by atoms with Crippen LogP contribution in [0.4, 0.5) is 8.78 Å². The van der Waals surface area contributed by atoms with Crippen LogP contribution in [0.25, 0.3) is 0 Å². The van der Waals surface area contributed by atoms with Gasteiger partial charge in [-0.15, -0.1) is 0 Å². The van der Waals surface area contributed by atoms with E-state index < -0.39 is 17.4 Å². The molecule has 0 unspecified atom stereocenters. The quantitative estimate of drug-likeness (QED) is 0.574. The van der Waals surface area contributed by atoms with Crippen molar-refractivity contribution in [3.8, 4) is 5.75 Å². The first-order valence-corrected chi connectivity index (χ1v) is 4.14. The van der Waals surface area contributed by atoms with Crippen LogP contribution in [0.5, 0.6) is 5.75 Å². The molecule has 0 saturated heterocycles. The van der Waals surface area contributed by atoms with E-state index in [1.807, 2.05) is 0 Å². The van der Waals surface area contributed by atoms with Gasteiger partial charge in [0.25, 0.3) is 0 Å². The van der Waals surface area contributed by atoms with Gasteiger partial charge in [-0.3, -0.25) is 0 Å². The molecule has 0 bridgehead atoms. The summed E-state index contributed by atoms with van der Waals surface area (Å²) in [7, 11) is 0. The smallest absolute Gasteiger partial charge is 0.180 e. The summed E-state index contributed by atoms with van der Waals surface area (Å²) in [6.45, 7) is 0. The molecule has 0 saturated carbocycles. The Hall–Kier alpha value is -0.160. The minimum absolute atomic E-state index is 0.0344. The lowest BCUT2D eigenvalue weighted by Crippen LogP contribution is -1.85. The minimum atomic E-state index is -0.877. The van der Waals surface area contributed by atoms with Gasteiger partial charge in [0, 0.05) is 6.07 Å². The van der Waals surface area contributed by atoms with Crippen LogP contribution in [0, 0.1) is 11.6 Å². The van der Waals surface area contributed by atoms with Crippen LogP contribution in [0.1, 0.15) is 0 Å². The zero-order chi connectivity index (χ0) is 8.59. The molecule has 1 aromatic carbocycles. The average molecular weight is 288 g/mol. The van der Waals surface area contributed by atoms with Crippen molar-refractivity contribution in [2.75, 3.05) is 0 Å². The molecule has 0 amide bonds. The fourth-order valence-electron chi connectivity index (χ4n) is 0.560. The second-order valence-corrected chi connectivity index (χ2v) is 3.41. The molecule has 0 fully saturated rings. The predicted molar refractivity (Wildman–Crippen MR) is 43.4 cm³/mol. The Morgan fingerprint density at radius 1 is 1.18 bits per heavy atom. The molecular formula is C6H2Br2F2O. The summed E-state index contributed by atoms with van der Waals surface area (Å²) in [5.74, 6) is -2.30. The summed E-state index contributed by atoms with van der Waals surface area (Å²) in [5, 5.41) is 8.74. The van der Waals surface area contributed by atoms with Crippen molar-refractivity contribution < 1.29 is 13.9 Å². The van der Waals surface area contributed by atoms with Gasteiger partial charge in [0.2, 0.25) is 0 Å². The molecule has 1 rings (SSSR count). The van der Waals surface area contributed by atoms with Gasteiger partial charge in [-0.1, -0.05) is 0 Å². The molecule has 11 heavy (non-hydrogen) atoms. The SMILES string of the molecule is Oc1cc(F)c(Br)c(Br)c1F. The number of rotatable bonds is 0. The van der Waals surface area contributed by atoms with Crippen molar-refractivity contribution in [3.63, 3.8) is 0 Å². The summed E-state index contributed by atoms with van der Waals surface area (Å²) in [5.41, 5.74) is 0. The molecule has 1 aromatic rings. The Labute approximate surface area is 78.3 Å². The number of benzene rings is 1. The zero-order valence-electron chi connectivity index (χ0n) is 5.04. The van der Waals surface area contributed by atoms with Gasteiger partial charge in [0.1, 0.15) is 5.82 Å². The lowest BCUT2D eigenvalue weighted by atomic mass is 10.3. The van der Waals surface area contributed by atoms with E-state index in [-0.39, 0.29) is 8.95 Å². The Balaban J connectivity index is 3.46. The van der Waals surface area contributed by atoms with Gasteiger partial charge >= 0.3 is 0 Å². The van der Waals surface area contributed by atoms with E-state index in [0.29, 0.717) is 6.07 Å². The van der Waals surface area contributed by atoms with Crippen LogP contribution in [-0.4, -0.2) is 5.11 Å². The second kappa shape index (κ2) is 3.06. The summed E-state index contributed by atoms with van der Waals surface area (Å²) in [6, 6.07) is 0.699. The van der Waals surface area contributed by atoms with Gasteiger partial charge in [0.05, 0.1) is 8.95 Å². The van der Waals surface area contributed by atoms with E-state index in [9.17, 15) is 8.78 Å². The number of phenolic OH excluding ortho intramolecular Hbond substituents is 1. The monoisotopic (exact) mass is 286 g/mol. The fraction of sp³-hybridized carbons (Fsp3) is 0. The lowest BCUT2D eigenvalue weighted by molar-refractivity contribution is 0.423. The first-order valence-electron chi connectivity index (χ1n) is 2.56. The van der Waals surface area contributed by atoms with Crippen LogP contribution >= 0.6 is 31.9 Å². The van der Waals surface area contributed by atoms with Crippen LogP contribution in [0.2, 0.25) is 0 Å². The zero-order valence-corrected chi connectivity index (χ0v) is 8.21. The van der Waals surface area contributed by atoms with Crippen LogP contribution < -0.4 is 0 Å². The van der Waals surface area contributed by atoms with Crippen molar-refractivity contribution in [1.29, 1.82) is 0 Å². The van der Waals surface area contributed by atoms with E-state index in [4.69, 9.17) is 5.11 Å². The van der Waals surface area contributed by atoms with Crippen molar-refractivity contribution in [2.45, 2.75) is 0 Å². The van der Waals surface area contributed by atoms with E-state index >= 15 is 0 Å². The molecule has 5 heteroatoms. The van der Waals surface area contributed by atoms with Crippen molar-refractivity contribution >= 4 is 31.9 Å². The first-order chi connectivity index (χ1) is 5.04. The third-order valence-electron chi connectivity index (χ3n) is 1.08. The third kappa shape index (κ3) is 1.54. The molecule has 0 aliphatic rings. The fourth-order valence-corrected chi connectivity index (χ4v) is 1.24. The summed E-state index contributed by atoms with van der Waals surface area (Å²) in [6.07, 6.45) is 0. The minimum Gasteiger partial charge on any atom is -0.505 e. The second-order valence-electron chi connectivity index (χ2n) is 1.82. The number of hydrogen-bond acceptors (Lipinski definition) is 1. The Morgan fingerprint density at radius 2 is 1.73 bits per heavy atom. The summed E-state index contributed by atoms with van der Waals surface area (Å²) >= 11 is 5.55. The molecule has 1 nitrogen and oxygen atoms in total. The standard InChI is InChI=1S/C6H2Br2F2O/c7-4-2(9)1-3(11)6(10)5(4)8/h1,11H. The maximum Gasteiger partial charge on any atom is 0.180 e. The molecule has 0 aromatic heterocycles. The molecule has 0 aliphatic carbocycles. The van der Waals surface area contributed by atoms with E-state index in [0.717, 1.165) is 0 Å². The number of hydrogen-bond donors (Lipinski definition) is 1. The van der Waals surface area contributed by atoms with E-state index in [1.54, 1.807) is 0 Å². The highest BCUT2D eigenvalue weighted by atomic mass is 79.9. The largest absolute Gasteiger partial charge is 0.505 e. The molecule has 0 radical (unpaired) electrons. The van der Waals surface area contributed by atoms with Crippen LogP contribution in [-0.2, 0) is 0 Å². The van der Waals surface area contributed by atoms with Crippen molar-refractivity contribution in [3.05, 3.63) is 26.6 Å². The van der Waals surface area contributed by atoms with Gasteiger partial charge in [-0.25, -0.2) is 8.78 Å². The molecule has 0 aliphatic heterocycles. The Kier molecular flexibility index (Phi) is 2.49. The summed E-state index contributed by atoms with van der Waals surface area (Å²) in [4.78, 5) is 0. The predicted octanol–water partition coefficient (Wildman–Crippen LogP) is 3.20. The molecule has 0 atom stereocenters. The summed E-state index contributed by atoms with van der Waals surface area (Å²) < 4.78 is 25.1. The maximum absolute atomic E-state index is 12.7. The number of halogens is 4. The van der Waals surface area contributed by atoms with Gasteiger partial charge in [-0.05, 0) is 31.9 Å². The average Bonchev–Trinajstić information content (AvgIpc) is 1.97. The van der Waals surface area contributed by atoms with Crippen molar-refractivity contribution in [2.24, 2.45) is 0 Å².